The molecule has 0 aromatic rings. The van der Waals surface area contributed by atoms with E-state index in [1.54, 1.807) is 6.92 Å². The zero-order chi connectivity index (χ0) is 7.40. The summed E-state index contributed by atoms with van der Waals surface area (Å²) in [5.41, 5.74) is 1.60. The first-order valence-corrected chi connectivity index (χ1v) is 3.21. The van der Waals surface area contributed by atoms with Crippen LogP contribution in [0.15, 0.2) is 40.8 Å². The molecular formula is C8H9NO. The molecule has 1 aliphatic rings. The molecule has 52 valence electrons. The minimum atomic E-state index is 0.584. The number of rotatable bonds is 1. The molecule has 0 aromatic heterocycles. The first-order valence-electron chi connectivity index (χ1n) is 3.21. The Bertz CT molecular complexity index is 223. The van der Waals surface area contributed by atoms with Crippen molar-refractivity contribution in [3.8, 4) is 0 Å². The van der Waals surface area contributed by atoms with Crippen molar-refractivity contribution >= 4 is 0 Å². The molecule has 0 spiro atoms. The lowest BCUT2D eigenvalue weighted by molar-refractivity contribution is 1.14. The molecule has 0 saturated carbocycles. The van der Waals surface area contributed by atoms with Crippen LogP contribution in [0.1, 0.15) is 13.3 Å². The molecule has 0 N–H and O–H groups in total. The maximum absolute atomic E-state index is 10.0. The molecule has 0 radical (unpaired) electrons. The first kappa shape index (κ1) is 6.93. The van der Waals surface area contributed by atoms with Gasteiger partial charge in [0.2, 0.25) is 0 Å². The number of hydrogen-bond acceptors (Lipinski definition) is 2. The Morgan fingerprint density at radius 2 is 2.40 bits per heavy atom. The molecule has 2 nitrogen and oxygen atoms in total. The van der Waals surface area contributed by atoms with E-state index in [9.17, 15) is 4.91 Å². The smallest absolute Gasteiger partial charge is 0.0853 e. The number of nitrogens with zero attached hydrogens (tertiary/aromatic N) is 1. The van der Waals surface area contributed by atoms with Crippen molar-refractivity contribution in [1.82, 2.24) is 0 Å². The fraction of sp³-hybridized carbons (Fsp3) is 0.250. The van der Waals surface area contributed by atoms with Crippen molar-refractivity contribution in [2.45, 2.75) is 13.3 Å². The van der Waals surface area contributed by atoms with Crippen LogP contribution in [0, 0.1) is 4.91 Å². The molecule has 0 atom stereocenters. The van der Waals surface area contributed by atoms with Crippen LogP contribution < -0.4 is 0 Å². The average molecular weight is 135 g/mol. The van der Waals surface area contributed by atoms with Crippen molar-refractivity contribution < 1.29 is 0 Å². The van der Waals surface area contributed by atoms with Crippen molar-refractivity contribution in [3.63, 3.8) is 0 Å². The summed E-state index contributed by atoms with van der Waals surface area (Å²) in [7, 11) is 0. The largest absolute Gasteiger partial charge is 0.145 e. The lowest BCUT2D eigenvalue weighted by Crippen LogP contribution is -1.83. The van der Waals surface area contributed by atoms with Gasteiger partial charge in [-0.2, -0.15) is 0 Å². The third-order valence-electron chi connectivity index (χ3n) is 1.48. The Labute approximate surface area is 59.9 Å². The van der Waals surface area contributed by atoms with E-state index in [1.807, 2.05) is 24.3 Å². The van der Waals surface area contributed by atoms with Crippen LogP contribution in [0.2, 0.25) is 0 Å². The molecule has 10 heavy (non-hydrogen) atoms. The Morgan fingerprint density at radius 1 is 1.60 bits per heavy atom. The summed E-state index contributed by atoms with van der Waals surface area (Å²) in [4.78, 5) is 10.0. The molecule has 0 heterocycles. The van der Waals surface area contributed by atoms with Crippen LogP contribution in [-0.4, -0.2) is 0 Å². The Kier molecular flexibility index (Phi) is 2.15. The van der Waals surface area contributed by atoms with Gasteiger partial charge in [0.25, 0.3) is 0 Å². The number of allylic oxidation sites excluding steroid dienone is 6. The van der Waals surface area contributed by atoms with Gasteiger partial charge in [0.15, 0.2) is 0 Å². The van der Waals surface area contributed by atoms with Gasteiger partial charge < -0.3 is 0 Å². The van der Waals surface area contributed by atoms with Gasteiger partial charge in [-0.3, -0.25) is 0 Å². The van der Waals surface area contributed by atoms with Gasteiger partial charge in [-0.05, 0) is 24.1 Å². The highest BCUT2D eigenvalue weighted by atomic mass is 16.3. The fourth-order valence-corrected chi connectivity index (χ4v) is 0.840. The summed E-state index contributed by atoms with van der Waals surface area (Å²) in [6, 6.07) is 0. The van der Waals surface area contributed by atoms with E-state index >= 15 is 0 Å². The summed E-state index contributed by atoms with van der Waals surface area (Å²) < 4.78 is 0. The van der Waals surface area contributed by atoms with E-state index in [1.165, 1.54) is 0 Å². The standard InChI is InChI=1S/C8H9NO/c1-7(9-10)8-5-3-2-4-6-8/h2-5H,6H2,1H3/b8-7-. The van der Waals surface area contributed by atoms with Crippen LogP contribution in [0.3, 0.4) is 0 Å². The molecule has 0 fully saturated rings. The third-order valence-corrected chi connectivity index (χ3v) is 1.48. The molecule has 1 rings (SSSR count). The monoisotopic (exact) mass is 135 g/mol. The second-order valence-corrected chi connectivity index (χ2v) is 2.19. The van der Waals surface area contributed by atoms with Gasteiger partial charge in [-0.1, -0.05) is 24.3 Å². The summed E-state index contributed by atoms with van der Waals surface area (Å²) in [6.45, 7) is 1.73. The zero-order valence-corrected chi connectivity index (χ0v) is 5.87. The van der Waals surface area contributed by atoms with Crippen LogP contribution in [-0.2, 0) is 0 Å². The van der Waals surface area contributed by atoms with E-state index < -0.39 is 0 Å². The average Bonchev–Trinajstić information content (AvgIpc) is 2.05. The lowest BCUT2D eigenvalue weighted by Gasteiger charge is -2.00. The predicted molar refractivity (Wildman–Crippen MR) is 41.4 cm³/mol. The SMILES string of the molecule is C/C(N=O)=C1\C=CC=CC1. The van der Waals surface area contributed by atoms with E-state index in [-0.39, 0.29) is 0 Å². The van der Waals surface area contributed by atoms with E-state index in [0.29, 0.717) is 5.70 Å². The van der Waals surface area contributed by atoms with E-state index in [4.69, 9.17) is 0 Å². The molecule has 0 saturated heterocycles. The molecule has 1 aliphatic carbocycles. The molecule has 2 heteroatoms. The van der Waals surface area contributed by atoms with Crippen molar-refractivity contribution in [3.05, 3.63) is 40.5 Å². The molecular weight excluding hydrogens is 126 g/mol. The lowest BCUT2D eigenvalue weighted by atomic mass is 10.1. The summed E-state index contributed by atoms with van der Waals surface area (Å²) in [5, 5.41) is 2.86. The molecule has 0 bridgehead atoms. The van der Waals surface area contributed by atoms with Gasteiger partial charge in [-0.25, -0.2) is 0 Å². The molecule has 0 amide bonds. The second kappa shape index (κ2) is 3.11. The highest BCUT2D eigenvalue weighted by Crippen LogP contribution is 2.15. The first-order chi connectivity index (χ1) is 4.84. The minimum absolute atomic E-state index is 0.584. The Hall–Kier alpha value is -1.18. The fourth-order valence-electron chi connectivity index (χ4n) is 0.840. The maximum atomic E-state index is 10.0. The summed E-state index contributed by atoms with van der Waals surface area (Å²) in [6.07, 6.45) is 8.61. The van der Waals surface area contributed by atoms with Gasteiger partial charge in [0.1, 0.15) is 0 Å². The van der Waals surface area contributed by atoms with E-state index in [0.717, 1.165) is 12.0 Å². The van der Waals surface area contributed by atoms with Crippen LogP contribution in [0.25, 0.3) is 0 Å². The second-order valence-electron chi connectivity index (χ2n) is 2.19. The van der Waals surface area contributed by atoms with Crippen LogP contribution >= 0.6 is 0 Å². The van der Waals surface area contributed by atoms with Crippen molar-refractivity contribution in [1.29, 1.82) is 0 Å². The third kappa shape index (κ3) is 1.41. The Morgan fingerprint density at radius 3 is 2.90 bits per heavy atom. The normalized spacial score (nSPS) is 20.9. The van der Waals surface area contributed by atoms with Crippen LogP contribution in [0.5, 0.6) is 0 Å². The van der Waals surface area contributed by atoms with Gasteiger partial charge in [-0.15, -0.1) is 4.91 Å². The van der Waals surface area contributed by atoms with Crippen molar-refractivity contribution in [2.75, 3.05) is 0 Å². The van der Waals surface area contributed by atoms with Gasteiger partial charge in [0.05, 0.1) is 5.70 Å². The van der Waals surface area contributed by atoms with Gasteiger partial charge >= 0.3 is 0 Å². The molecule has 0 aliphatic heterocycles. The quantitative estimate of drug-likeness (QED) is 0.508. The number of nitroso groups, excluding NO2 is 1. The highest BCUT2D eigenvalue weighted by molar-refractivity contribution is 5.32. The maximum Gasteiger partial charge on any atom is 0.0853 e. The van der Waals surface area contributed by atoms with Crippen LogP contribution in [0.4, 0.5) is 0 Å². The molecule has 0 aromatic carbocycles. The minimum Gasteiger partial charge on any atom is -0.145 e. The molecule has 0 unspecified atom stereocenters. The van der Waals surface area contributed by atoms with E-state index in [2.05, 4.69) is 5.18 Å². The predicted octanol–water partition coefficient (Wildman–Crippen LogP) is 2.54. The topological polar surface area (TPSA) is 29.4 Å². The zero-order valence-electron chi connectivity index (χ0n) is 5.87. The summed E-state index contributed by atoms with van der Waals surface area (Å²) in [5.74, 6) is 0. The number of hydrogen-bond donors (Lipinski definition) is 0. The highest BCUT2D eigenvalue weighted by Gasteiger charge is 1.98. The van der Waals surface area contributed by atoms with Gasteiger partial charge in [0, 0.05) is 0 Å². The Balaban J connectivity index is 2.84. The van der Waals surface area contributed by atoms with Crippen molar-refractivity contribution in [2.24, 2.45) is 5.18 Å². The summed E-state index contributed by atoms with van der Waals surface area (Å²) >= 11 is 0.